The number of hydrogen-bond donors (Lipinski definition) is 2. The Balaban J connectivity index is 1.76. The second kappa shape index (κ2) is 8.90. The SMILES string of the molecule is CCOc1ccccc1OCNC(=O)NCc1ccccc1Cl. The highest BCUT2D eigenvalue weighted by molar-refractivity contribution is 6.31. The predicted octanol–water partition coefficient (Wildman–Crippen LogP) is 3.57. The van der Waals surface area contributed by atoms with Crippen molar-refractivity contribution >= 4 is 17.6 Å². The van der Waals surface area contributed by atoms with Crippen LogP contribution in [0.2, 0.25) is 5.02 Å². The number of para-hydroxylation sites is 2. The first-order valence-corrected chi connectivity index (χ1v) is 7.68. The average molecular weight is 335 g/mol. The van der Waals surface area contributed by atoms with Crippen LogP contribution < -0.4 is 20.1 Å². The van der Waals surface area contributed by atoms with E-state index in [9.17, 15) is 4.79 Å². The Labute approximate surface area is 140 Å². The van der Waals surface area contributed by atoms with Crippen molar-refractivity contribution in [2.75, 3.05) is 13.3 Å². The first kappa shape index (κ1) is 17.0. The molecule has 0 heterocycles. The molecule has 0 spiro atoms. The predicted molar refractivity (Wildman–Crippen MR) is 89.9 cm³/mol. The van der Waals surface area contributed by atoms with Gasteiger partial charge in [-0.1, -0.05) is 41.9 Å². The van der Waals surface area contributed by atoms with Crippen molar-refractivity contribution in [2.45, 2.75) is 13.5 Å². The van der Waals surface area contributed by atoms with E-state index in [2.05, 4.69) is 10.6 Å². The first-order chi connectivity index (χ1) is 11.2. The maximum atomic E-state index is 11.8. The van der Waals surface area contributed by atoms with Crippen LogP contribution in [0.5, 0.6) is 11.5 Å². The van der Waals surface area contributed by atoms with Crippen LogP contribution in [-0.4, -0.2) is 19.4 Å². The zero-order chi connectivity index (χ0) is 16.5. The van der Waals surface area contributed by atoms with Gasteiger partial charge in [-0.3, -0.25) is 0 Å². The monoisotopic (exact) mass is 334 g/mol. The van der Waals surface area contributed by atoms with Crippen LogP contribution in [0.1, 0.15) is 12.5 Å². The van der Waals surface area contributed by atoms with E-state index >= 15 is 0 Å². The van der Waals surface area contributed by atoms with E-state index in [0.29, 0.717) is 29.7 Å². The Morgan fingerprint density at radius 2 is 1.65 bits per heavy atom. The lowest BCUT2D eigenvalue weighted by Gasteiger charge is -2.13. The van der Waals surface area contributed by atoms with Crippen LogP contribution in [0.3, 0.4) is 0 Å². The molecule has 6 heteroatoms. The Morgan fingerprint density at radius 3 is 2.35 bits per heavy atom. The minimum Gasteiger partial charge on any atom is -0.490 e. The number of halogens is 1. The van der Waals surface area contributed by atoms with Gasteiger partial charge in [0.15, 0.2) is 18.2 Å². The summed E-state index contributed by atoms with van der Waals surface area (Å²) in [5.41, 5.74) is 0.854. The number of nitrogens with one attached hydrogen (secondary N) is 2. The van der Waals surface area contributed by atoms with E-state index in [4.69, 9.17) is 21.1 Å². The maximum absolute atomic E-state index is 11.8. The van der Waals surface area contributed by atoms with Crippen LogP contribution in [0.25, 0.3) is 0 Å². The summed E-state index contributed by atoms with van der Waals surface area (Å²) in [5, 5.41) is 5.96. The summed E-state index contributed by atoms with van der Waals surface area (Å²) in [6.07, 6.45) is 0. The molecule has 0 unspecified atom stereocenters. The lowest BCUT2D eigenvalue weighted by atomic mass is 10.2. The number of urea groups is 1. The molecular formula is C17H19ClN2O3. The third-order valence-electron chi connectivity index (χ3n) is 3.01. The van der Waals surface area contributed by atoms with Crippen LogP contribution in [0, 0.1) is 0 Å². The molecule has 0 bridgehead atoms. The molecule has 122 valence electrons. The number of benzene rings is 2. The first-order valence-electron chi connectivity index (χ1n) is 7.30. The van der Waals surface area contributed by atoms with Gasteiger partial charge in [-0.15, -0.1) is 0 Å². The number of hydrogen-bond acceptors (Lipinski definition) is 3. The maximum Gasteiger partial charge on any atom is 0.317 e. The van der Waals surface area contributed by atoms with Crippen molar-refractivity contribution < 1.29 is 14.3 Å². The second-order valence-corrected chi connectivity index (χ2v) is 5.03. The molecule has 0 aliphatic heterocycles. The van der Waals surface area contributed by atoms with Gasteiger partial charge in [0, 0.05) is 11.6 Å². The second-order valence-electron chi connectivity index (χ2n) is 4.62. The summed E-state index contributed by atoms with van der Waals surface area (Å²) in [5.74, 6) is 1.23. The van der Waals surface area contributed by atoms with Gasteiger partial charge in [0.1, 0.15) is 0 Å². The topological polar surface area (TPSA) is 59.6 Å². The number of ether oxygens (including phenoxy) is 2. The molecule has 2 N–H and O–H groups in total. The lowest BCUT2D eigenvalue weighted by Crippen LogP contribution is -2.37. The highest BCUT2D eigenvalue weighted by Crippen LogP contribution is 2.25. The summed E-state index contributed by atoms with van der Waals surface area (Å²) >= 11 is 6.03. The molecule has 23 heavy (non-hydrogen) atoms. The highest BCUT2D eigenvalue weighted by Gasteiger charge is 2.05. The minimum atomic E-state index is -0.334. The average Bonchev–Trinajstić information content (AvgIpc) is 2.56. The molecular weight excluding hydrogens is 316 g/mol. The largest absolute Gasteiger partial charge is 0.490 e. The quantitative estimate of drug-likeness (QED) is 0.761. The van der Waals surface area contributed by atoms with Crippen LogP contribution in [0.15, 0.2) is 48.5 Å². The fourth-order valence-electron chi connectivity index (χ4n) is 1.90. The lowest BCUT2D eigenvalue weighted by molar-refractivity contribution is 0.219. The molecule has 0 aromatic heterocycles. The van der Waals surface area contributed by atoms with Crippen molar-refractivity contribution in [2.24, 2.45) is 0 Å². The van der Waals surface area contributed by atoms with E-state index in [1.54, 1.807) is 12.1 Å². The molecule has 0 saturated carbocycles. The van der Waals surface area contributed by atoms with Gasteiger partial charge in [0.05, 0.1) is 6.61 Å². The van der Waals surface area contributed by atoms with E-state index in [-0.39, 0.29) is 12.8 Å². The fourth-order valence-corrected chi connectivity index (χ4v) is 2.11. The Kier molecular flexibility index (Phi) is 6.56. The smallest absolute Gasteiger partial charge is 0.317 e. The van der Waals surface area contributed by atoms with Crippen molar-refractivity contribution in [3.8, 4) is 11.5 Å². The van der Waals surface area contributed by atoms with Gasteiger partial charge in [0.25, 0.3) is 0 Å². The van der Waals surface area contributed by atoms with E-state index in [1.165, 1.54) is 0 Å². The van der Waals surface area contributed by atoms with E-state index in [0.717, 1.165) is 5.56 Å². The van der Waals surface area contributed by atoms with Crippen molar-refractivity contribution in [1.82, 2.24) is 10.6 Å². The molecule has 0 radical (unpaired) electrons. The van der Waals surface area contributed by atoms with Gasteiger partial charge in [-0.05, 0) is 30.7 Å². The minimum absolute atomic E-state index is 0.0401. The number of carbonyl (C=O) groups excluding carboxylic acids is 1. The van der Waals surface area contributed by atoms with Gasteiger partial charge in [0.2, 0.25) is 0 Å². The molecule has 5 nitrogen and oxygen atoms in total. The molecule has 0 fully saturated rings. The van der Waals surface area contributed by atoms with Crippen LogP contribution >= 0.6 is 11.6 Å². The van der Waals surface area contributed by atoms with Crippen LogP contribution in [-0.2, 0) is 6.54 Å². The van der Waals surface area contributed by atoms with E-state index in [1.807, 2.05) is 43.3 Å². The summed E-state index contributed by atoms with van der Waals surface area (Å²) < 4.78 is 11.0. The fraction of sp³-hybridized carbons (Fsp3) is 0.235. The summed E-state index contributed by atoms with van der Waals surface area (Å²) in [6.45, 7) is 2.84. The molecule has 0 saturated heterocycles. The van der Waals surface area contributed by atoms with E-state index < -0.39 is 0 Å². The van der Waals surface area contributed by atoms with Gasteiger partial charge in [-0.25, -0.2) is 4.79 Å². The van der Waals surface area contributed by atoms with Gasteiger partial charge >= 0.3 is 6.03 Å². The normalized spacial score (nSPS) is 10.0. The number of carbonyl (C=O) groups is 1. The highest BCUT2D eigenvalue weighted by atomic mass is 35.5. The Bertz CT molecular complexity index is 649. The van der Waals surface area contributed by atoms with Crippen LogP contribution in [0.4, 0.5) is 4.79 Å². The number of rotatable bonds is 7. The Morgan fingerprint density at radius 1 is 1.00 bits per heavy atom. The standard InChI is InChI=1S/C17H19ClN2O3/c1-2-22-15-9-5-6-10-16(15)23-12-20-17(21)19-11-13-7-3-4-8-14(13)18/h3-10H,2,11-12H2,1H3,(H2,19,20,21). The van der Waals surface area contributed by atoms with Crippen molar-refractivity contribution in [3.63, 3.8) is 0 Å². The Hall–Kier alpha value is -2.40. The molecule has 2 rings (SSSR count). The summed E-state index contributed by atoms with van der Waals surface area (Å²) in [7, 11) is 0. The molecule has 0 atom stereocenters. The zero-order valence-electron chi connectivity index (χ0n) is 12.8. The molecule has 0 aliphatic carbocycles. The summed E-state index contributed by atoms with van der Waals surface area (Å²) in [6, 6.07) is 14.3. The summed E-state index contributed by atoms with van der Waals surface area (Å²) in [4.78, 5) is 11.8. The number of amides is 2. The molecule has 0 aliphatic rings. The third-order valence-corrected chi connectivity index (χ3v) is 3.38. The third kappa shape index (κ3) is 5.38. The van der Waals surface area contributed by atoms with Gasteiger partial charge < -0.3 is 20.1 Å². The molecule has 2 aromatic rings. The molecule has 2 amide bonds. The van der Waals surface area contributed by atoms with Crippen molar-refractivity contribution in [3.05, 3.63) is 59.1 Å². The van der Waals surface area contributed by atoms with Crippen molar-refractivity contribution in [1.29, 1.82) is 0 Å². The van der Waals surface area contributed by atoms with Gasteiger partial charge in [-0.2, -0.15) is 0 Å². The molecule has 2 aromatic carbocycles. The zero-order valence-corrected chi connectivity index (χ0v) is 13.6.